The second kappa shape index (κ2) is 7.52. The van der Waals surface area contributed by atoms with E-state index >= 15 is 0 Å². The highest BCUT2D eigenvalue weighted by atomic mass is 32.1. The highest BCUT2D eigenvalue weighted by Crippen LogP contribution is 2.38. The Morgan fingerprint density at radius 3 is 2.83 bits per heavy atom. The van der Waals surface area contributed by atoms with E-state index in [1.165, 1.54) is 24.5 Å². The molecular weight excluding hydrogens is 406 g/mol. The summed E-state index contributed by atoms with van der Waals surface area (Å²) in [5.74, 6) is -1.77. The van der Waals surface area contributed by atoms with Crippen molar-refractivity contribution >= 4 is 45.2 Å². The van der Waals surface area contributed by atoms with Gasteiger partial charge in [0.15, 0.2) is 11.8 Å². The van der Waals surface area contributed by atoms with Gasteiger partial charge in [-0.05, 0) is 44.7 Å². The molecule has 0 aliphatic heterocycles. The third-order valence-corrected chi connectivity index (χ3v) is 6.36. The number of nitrogens with one attached hydrogen (secondary N) is 1. The maximum atomic E-state index is 12.6. The van der Waals surface area contributed by atoms with Crippen LogP contribution in [0.1, 0.15) is 50.2 Å². The lowest BCUT2D eigenvalue weighted by atomic mass is 10.1. The normalized spacial score (nSPS) is 13.8. The zero-order valence-corrected chi connectivity index (χ0v) is 17.6. The van der Waals surface area contributed by atoms with Crippen LogP contribution >= 0.6 is 11.3 Å². The van der Waals surface area contributed by atoms with E-state index in [0.29, 0.717) is 16.2 Å². The van der Waals surface area contributed by atoms with Crippen LogP contribution in [-0.4, -0.2) is 38.7 Å². The number of ether oxygens (including phenoxy) is 1. The van der Waals surface area contributed by atoms with Crippen LogP contribution in [-0.2, 0) is 29.4 Å². The van der Waals surface area contributed by atoms with Crippen molar-refractivity contribution in [2.24, 2.45) is 12.8 Å². The first-order valence-corrected chi connectivity index (χ1v) is 10.3. The quantitative estimate of drug-likeness (QED) is 0.600. The van der Waals surface area contributed by atoms with Crippen molar-refractivity contribution in [2.75, 3.05) is 5.32 Å². The van der Waals surface area contributed by atoms with Crippen molar-refractivity contribution in [3.8, 4) is 0 Å². The predicted molar refractivity (Wildman–Crippen MR) is 112 cm³/mol. The number of pyridine rings is 1. The van der Waals surface area contributed by atoms with Crippen LogP contribution in [0.3, 0.4) is 0 Å². The molecule has 10 heteroatoms. The average Bonchev–Trinajstić information content (AvgIpc) is 3.34. The molecule has 3 aromatic heterocycles. The van der Waals surface area contributed by atoms with E-state index in [4.69, 9.17) is 10.5 Å². The molecule has 2 amide bonds. The summed E-state index contributed by atoms with van der Waals surface area (Å²) in [6, 6.07) is 1.65. The number of carbonyl (C=O) groups is 3. The van der Waals surface area contributed by atoms with Crippen molar-refractivity contribution in [3.05, 3.63) is 39.5 Å². The van der Waals surface area contributed by atoms with Crippen molar-refractivity contribution < 1.29 is 19.1 Å². The van der Waals surface area contributed by atoms with Gasteiger partial charge in [-0.2, -0.15) is 5.10 Å². The fraction of sp³-hybridized carbons (Fsp3) is 0.350. The Morgan fingerprint density at radius 2 is 2.10 bits per heavy atom. The van der Waals surface area contributed by atoms with Crippen molar-refractivity contribution in [2.45, 2.75) is 39.2 Å². The van der Waals surface area contributed by atoms with Gasteiger partial charge in [0.2, 0.25) is 0 Å². The van der Waals surface area contributed by atoms with Crippen LogP contribution in [0.15, 0.2) is 12.3 Å². The molecule has 0 saturated carbocycles. The van der Waals surface area contributed by atoms with Gasteiger partial charge in [-0.1, -0.05) is 0 Å². The second-order valence-corrected chi connectivity index (χ2v) is 8.37. The first-order chi connectivity index (χ1) is 14.3. The lowest BCUT2D eigenvalue weighted by Crippen LogP contribution is -2.30. The van der Waals surface area contributed by atoms with E-state index in [2.05, 4.69) is 15.4 Å². The Kier molecular flexibility index (Phi) is 5.02. The average molecular weight is 427 g/mol. The number of esters is 1. The van der Waals surface area contributed by atoms with Gasteiger partial charge in [0.1, 0.15) is 5.00 Å². The molecule has 1 atom stereocenters. The van der Waals surface area contributed by atoms with Crippen LogP contribution in [0.25, 0.3) is 11.0 Å². The fourth-order valence-corrected chi connectivity index (χ4v) is 4.97. The van der Waals surface area contributed by atoms with Gasteiger partial charge in [0, 0.05) is 23.5 Å². The maximum Gasteiger partial charge on any atom is 0.340 e. The highest BCUT2D eigenvalue weighted by molar-refractivity contribution is 7.17. The molecule has 1 unspecified atom stereocenters. The first-order valence-electron chi connectivity index (χ1n) is 9.51. The van der Waals surface area contributed by atoms with Crippen LogP contribution < -0.4 is 11.1 Å². The summed E-state index contributed by atoms with van der Waals surface area (Å²) in [5, 5.41) is 8.11. The minimum Gasteiger partial charge on any atom is -0.449 e. The predicted octanol–water partition coefficient (Wildman–Crippen LogP) is 2.11. The second-order valence-electron chi connectivity index (χ2n) is 7.27. The summed E-state index contributed by atoms with van der Waals surface area (Å²) in [4.78, 5) is 42.3. The number of primary amides is 1. The molecule has 4 rings (SSSR count). The van der Waals surface area contributed by atoms with E-state index in [1.54, 1.807) is 17.8 Å². The largest absolute Gasteiger partial charge is 0.449 e. The number of thiophene rings is 1. The summed E-state index contributed by atoms with van der Waals surface area (Å²) in [7, 11) is 1.77. The summed E-state index contributed by atoms with van der Waals surface area (Å²) < 4.78 is 6.94. The van der Waals surface area contributed by atoms with Gasteiger partial charge >= 0.3 is 5.97 Å². The van der Waals surface area contributed by atoms with Crippen LogP contribution in [0.5, 0.6) is 0 Å². The molecule has 0 saturated heterocycles. The topological polar surface area (TPSA) is 129 Å². The maximum absolute atomic E-state index is 12.6. The molecule has 0 bridgehead atoms. The summed E-state index contributed by atoms with van der Waals surface area (Å²) in [5.41, 5.74) is 8.42. The molecule has 1 aliphatic rings. The fourth-order valence-electron chi connectivity index (χ4n) is 3.67. The zero-order chi connectivity index (χ0) is 21.6. The SMILES string of the molecule is Cc1nn(C)c2ncc(C(=O)OC(C)C(=O)Nc3sc4c(c3C(N)=O)CCC4)cc12. The number of carbonyl (C=O) groups excluding carboxylic acids is 3. The van der Waals surface area contributed by atoms with E-state index in [1.807, 2.05) is 6.92 Å². The Morgan fingerprint density at radius 1 is 1.33 bits per heavy atom. The number of nitrogens with zero attached hydrogens (tertiary/aromatic N) is 3. The molecule has 0 aromatic carbocycles. The number of rotatable bonds is 5. The van der Waals surface area contributed by atoms with Gasteiger partial charge in [-0.15, -0.1) is 11.3 Å². The number of nitrogens with two attached hydrogens (primary N) is 1. The van der Waals surface area contributed by atoms with Crippen LogP contribution in [0.2, 0.25) is 0 Å². The lowest BCUT2D eigenvalue weighted by molar-refractivity contribution is -0.123. The van der Waals surface area contributed by atoms with Crippen LogP contribution in [0.4, 0.5) is 5.00 Å². The van der Waals surface area contributed by atoms with E-state index in [-0.39, 0.29) is 5.56 Å². The minimum atomic E-state index is -1.07. The Balaban J connectivity index is 1.48. The van der Waals surface area contributed by atoms with E-state index in [0.717, 1.165) is 40.8 Å². The molecule has 3 N–H and O–H groups in total. The number of amides is 2. The van der Waals surface area contributed by atoms with Crippen molar-refractivity contribution in [1.29, 1.82) is 0 Å². The van der Waals surface area contributed by atoms with Gasteiger partial charge in [-0.25, -0.2) is 9.78 Å². The third kappa shape index (κ3) is 3.43. The number of aromatic nitrogens is 3. The van der Waals surface area contributed by atoms with Gasteiger partial charge in [0.05, 0.1) is 16.8 Å². The highest BCUT2D eigenvalue weighted by Gasteiger charge is 2.28. The zero-order valence-electron chi connectivity index (χ0n) is 16.8. The first kappa shape index (κ1) is 20.0. The Bertz CT molecular complexity index is 1200. The third-order valence-electron chi connectivity index (χ3n) is 5.16. The molecule has 30 heavy (non-hydrogen) atoms. The molecule has 156 valence electrons. The molecule has 9 nitrogen and oxygen atoms in total. The molecule has 3 heterocycles. The van der Waals surface area contributed by atoms with Crippen molar-refractivity contribution in [3.63, 3.8) is 0 Å². The number of fused-ring (bicyclic) bond motifs is 2. The summed E-state index contributed by atoms with van der Waals surface area (Å²) in [6.07, 6.45) is 2.93. The van der Waals surface area contributed by atoms with Gasteiger partial charge in [0.25, 0.3) is 11.8 Å². The van der Waals surface area contributed by atoms with Gasteiger partial charge in [-0.3, -0.25) is 14.3 Å². The Hall–Kier alpha value is -3.27. The van der Waals surface area contributed by atoms with E-state index < -0.39 is 23.9 Å². The molecule has 3 aromatic rings. The minimum absolute atomic E-state index is 0.228. The lowest BCUT2D eigenvalue weighted by Gasteiger charge is -2.13. The van der Waals surface area contributed by atoms with Crippen molar-refractivity contribution in [1.82, 2.24) is 14.8 Å². The standard InChI is InChI=1S/C20H21N5O4S/c1-9-13-7-11(8-22-17(13)25(3)24-9)20(28)29-10(2)18(27)23-19-15(16(21)26)12-5-4-6-14(12)30-19/h7-8,10H,4-6H2,1-3H3,(H2,21,26)(H,23,27). The number of hydrogen-bond acceptors (Lipinski definition) is 7. The molecule has 1 aliphatic carbocycles. The number of anilines is 1. The molecular formula is C20H21N5O4S. The molecule has 0 spiro atoms. The smallest absolute Gasteiger partial charge is 0.340 e. The van der Waals surface area contributed by atoms with Gasteiger partial charge < -0.3 is 15.8 Å². The number of aryl methyl sites for hydroxylation is 3. The van der Waals surface area contributed by atoms with E-state index in [9.17, 15) is 14.4 Å². The Labute approximate surface area is 176 Å². The molecule has 0 fully saturated rings. The summed E-state index contributed by atoms with van der Waals surface area (Å²) >= 11 is 1.35. The van der Waals surface area contributed by atoms with Crippen LogP contribution in [0, 0.1) is 6.92 Å². The number of hydrogen-bond donors (Lipinski definition) is 2. The monoisotopic (exact) mass is 427 g/mol. The summed E-state index contributed by atoms with van der Waals surface area (Å²) in [6.45, 7) is 3.30. The molecule has 0 radical (unpaired) electrons.